The second kappa shape index (κ2) is 11.9. The third-order valence-corrected chi connectivity index (χ3v) is 10.3. The number of benzene rings is 3. The topological polar surface area (TPSA) is 136 Å². The van der Waals surface area contributed by atoms with Crippen LogP contribution in [0.15, 0.2) is 58.3 Å². The summed E-state index contributed by atoms with van der Waals surface area (Å²) in [4.78, 5) is 12.6. The highest BCUT2D eigenvalue weighted by Crippen LogP contribution is 2.44. The van der Waals surface area contributed by atoms with E-state index < -0.39 is 38.7 Å². The minimum atomic E-state index is -4.41. The lowest BCUT2D eigenvalue weighted by atomic mass is 9.84. The summed E-state index contributed by atoms with van der Waals surface area (Å²) in [5, 5.41) is 9.69. The predicted molar refractivity (Wildman–Crippen MR) is 155 cm³/mol. The lowest BCUT2D eigenvalue weighted by Gasteiger charge is -2.22. The molecule has 1 heterocycles. The molecule has 0 atom stereocenters. The molecule has 0 saturated carbocycles. The van der Waals surface area contributed by atoms with Crippen molar-refractivity contribution in [2.75, 3.05) is 5.75 Å². The van der Waals surface area contributed by atoms with E-state index in [0.29, 0.717) is 16.7 Å². The zero-order chi connectivity index (χ0) is 31.9. The Morgan fingerprint density at radius 1 is 0.884 bits per heavy atom. The van der Waals surface area contributed by atoms with E-state index in [-0.39, 0.29) is 50.9 Å². The highest BCUT2D eigenvalue weighted by Gasteiger charge is 2.43. The number of fused-ring (bicyclic) bond motifs is 1. The highest BCUT2D eigenvalue weighted by atomic mass is 32.2. The Balaban J connectivity index is 1.67. The Hall–Kier alpha value is -3.55. The smallest absolute Gasteiger partial charge is 0.395 e. The normalized spacial score (nSPS) is 14.4. The Kier molecular flexibility index (Phi) is 8.92. The number of hydrogen-bond acceptors (Lipinski definition) is 8. The van der Waals surface area contributed by atoms with Gasteiger partial charge in [-0.2, -0.15) is 0 Å². The number of aliphatic hydroxyl groups excluding tert-OH is 1. The monoisotopic (exact) mass is 637 g/mol. The van der Waals surface area contributed by atoms with Gasteiger partial charge in [-0.25, -0.2) is 21.6 Å². The van der Waals surface area contributed by atoms with E-state index in [0.717, 1.165) is 29.3 Å². The number of aliphatic hydroxyl groups is 1. The first-order valence-corrected chi connectivity index (χ1v) is 16.7. The molecule has 1 aliphatic heterocycles. The van der Waals surface area contributed by atoms with Gasteiger partial charge >= 0.3 is 6.29 Å². The van der Waals surface area contributed by atoms with Crippen LogP contribution in [0.2, 0.25) is 0 Å². The lowest BCUT2D eigenvalue weighted by molar-refractivity contribution is -0.286. The molecule has 43 heavy (non-hydrogen) atoms. The first-order chi connectivity index (χ1) is 20.0. The number of ether oxygens (including phenoxy) is 2. The summed E-state index contributed by atoms with van der Waals surface area (Å²) in [6.45, 7) is 8.40. The first kappa shape index (κ1) is 32.4. The number of halogens is 2. The van der Waals surface area contributed by atoms with Gasteiger partial charge in [0.05, 0.1) is 28.6 Å². The van der Waals surface area contributed by atoms with E-state index in [1.54, 1.807) is 6.07 Å². The molecular weight excluding hydrogens is 604 g/mol. The third kappa shape index (κ3) is 6.84. The number of sulfone groups is 1. The zero-order valence-corrected chi connectivity index (χ0v) is 25.9. The molecule has 1 aliphatic rings. The molecule has 0 spiro atoms. The maximum atomic E-state index is 13.6. The fourth-order valence-electron chi connectivity index (χ4n) is 4.96. The molecule has 4 rings (SSSR count). The summed E-state index contributed by atoms with van der Waals surface area (Å²) in [6.07, 6.45) is -4.03. The van der Waals surface area contributed by atoms with Gasteiger partial charge in [-0.05, 0) is 75.5 Å². The first-order valence-electron chi connectivity index (χ1n) is 13.6. The Bertz CT molecular complexity index is 1760. The molecule has 0 fully saturated rings. The number of nitrogens with one attached hydrogen (secondary N) is 1. The summed E-state index contributed by atoms with van der Waals surface area (Å²) in [7, 11) is -8.12. The molecule has 0 bridgehead atoms. The van der Waals surface area contributed by atoms with Crippen molar-refractivity contribution in [2.24, 2.45) is 0 Å². The second-order valence-corrected chi connectivity index (χ2v) is 14.7. The number of alkyl halides is 2. The van der Waals surface area contributed by atoms with Crippen molar-refractivity contribution in [1.82, 2.24) is 4.72 Å². The predicted octanol–water partition coefficient (Wildman–Crippen LogP) is 5.26. The van der Waals surface area contributed by atoms with Crippen molar-refractivity contribution < 1.29 is 45.0 Å². The molecule has 0 aromatic heterocycles. The summed E-state index contributed by atoms with van der Waals surface area (Å²) in [5.41, 5.74) is 3.38. The highest BCUT2D eigenvalue weighted by molar-refractivity contribution is 7.91. The van der Waals surface area contributed by atoms with Crippen LogP contribution >= 0.6 is 0 Å². The van der Waals surface area contributed by atoms with Crippen LogP contribution in [0.5, 0.6) is 11.5 Å². The molecule has 0 radical (unpaired) electrons. The number of amides is 1. The fourth-order valence-corrected chi connectivity index (χ4v) is 7.10. The molecule has 9 nitrogen and oxygen atoms in total. The van der Waals surface area contributed by atoms with Gasteiger partial charge in [0.25, 0.3) is 10.0 Å². The van der Waals surface area contributed by atoms with Crippen LogP contribution in [0, 0.1) is 0 Å². The fraction of sp³-hybridized carbons (Fsp3) is 0.367. The Morgan fingerprint density at radius 3 is 2.05 bits per heavy atom. The molecular formula is C30H33F2NO8S2. The van der Waals surface area contributed by atoms with Gasteiger partial charge in [-0.15, -0.1) is 8.78 Å². The quantitative estimate of drug-likeness (QED) is 0.308. The maximum Gasteiger partial charge on any atom is 0.586 e. The van der Waals surface area contributed by atoms with Gasteiger partial charge in [-0.3, -0.25) is 4.79 Å². The molecule has 2 N–H and O–H groups in total. The molecule has 13 heteroatoms. The van der Waals surface area contributed by atoms with Gasteiger partial charge in [0.1, 0.15) is 0 Å². The van der Waals surface area contributed by atoms with Crippen LogP contribution in [-0.4, -0.2) is 39.9 Å². The number of carbonyl (C=O) groups is 1. The van der Waals surface area contributed by atoms with Crippen molar-refractivity contribution >= 4 is 25.8 Å². The van der Waals surface area contributed by atoms with Crippen LogP contribution < -0.4 is 14.2 Å². The van der Waals surface area contributed by atoms with Gasteiger partial charge in [0.2, 0.25) is 5.91 Å². The largest absolute Gasteiger partial charge is 0.586 e. The molecule has 1 amide bonds. The van der Waals surface area contributed by atoms with Crippen molar-refractivity contribution in [3.05, 3.63) is 70.8 Å². The molecule has 0 saturated heterocycles. The van der Waals surface area contributed by atoms with Gasteiger partial charge in [-0.1, -0.05) is 52.8 Å². The molecule has 0 aliphatic carbocycles. The number of carbonyl (C=O) groups excluding carboxylic acids is 1. The number of rotatable bonds is 10. The van der Waals surface area contributed by atoms with Crippen LogP contribution in [0.25, 0.3) is 11.1 Å². The molecule has 3 aromatic carbocycles. The SMILES string of the molecule is CCS(=O)(=O)c1ccc(S(=O)(=O)NC(=O)Cc2c(C(C)C)cc(-c3ccc4c(c3)OC(F)(F)O4)cc2C(C)C)cc1CO. The van der Waals surface area contributed by atoms with E-state index in [4.69, 9.17) is 0 Å². The minimum absolute atomic E-state index is 0.0795. The summed E-state index contributed by atoms with van der Waals surface area (Å²) < 4.78 is 89.1. The Labute approximate surface area is 249 Å². The Morgan fingerprint density at radius 2 is 1.49 bits per heavy atom. The average Bonchev–Trinajstić information content (AvgIpc) is 3.24. The summed E-state index contributed by atoms with van der Waals surface area (Å²) in [5.74, 6) is -1.40. The van der Waals surface area contributed by atoms with Crippen LogP contribution in [0.1, 0.15) is 68.7 Å². The van der Waals surface area contributed by atoms with Crippen LogP contribution in [0.3, 0.4) is 0 Å². The zero-order valence-electron chi connectivity index (χ0n) is 24.3. The minimum Gasteiger partial charge on any atom is -0.395 e. The summed E-state index contributed by atoms with van der Waals surface area (Å²) in [6, 6.07) is 11.4. The maximum absolute atomic E-state index is 13.6. The standard InChI is InChI=1S/C30H33F2NO8S2/c1-6-42(36,37)28-10-8-22(11-21(28)16-34)43(38,39)33-29(35)15-25-23(17(2)3)12-20(13-24(25)18(4)5)19-7-9-26-27(14-19)41-30(31,32)40-26/h7-14,17-18,34H,6,15-16H2,1-5H3,(H,33,35). The van der Waals surface area contributed by atoms with E-state index in [2.05, 4.69) is 14.2 Å². The van der Waals surface area contributed by atoms with Crippen LogP contribution in [0.4, 0.5) is 8.78 Å². The van der Waals surface area contributed by atoms with Crippen molar-refractivity contribution in [2.45, 2.75) is 75.6 Å². The van der Waals surface area contributed by atoms with E-state index in [1.165, 1.54) is 19.1 Å². The molecule has 232 valence electrons. The van der Waals surface area contributed by atoms with E-state index in [1.807, 2.05) is 39.8 Å². The summed E-state index contributed by atoms with van der Waals surface area (Å²) >= 11 is 0. The molecule has 3 aromatic rings. The van der Waals surface area contributed by atoms with Gasteiger partial charge in [0.15, 0.2) is 21.3 Å². The number of sulfonamides is 1. The van der Waals surface area contributed by atoms with E-state index >= 15 is 0 Å². The average molecular weight is 638 g/mol. The lowest BCUT2D eigenvalue weighted by Crippen LogP contribution is -2.32. The number of hydrogen-bond donors (Lipinski definition) is 2. The van der Waals surface area contributed by atoms with Crippen molar-refractivity contribution in [3.63, 3.8) is 0 Å². The second-order valence-electron chi connectivity index (χ2n) is 10.8. The van der Waals surface area contributed by atoms with E-state index in [9.17, 15) is 35.5 Å². The van der Waals surface area contributed by atoms with Gasteiger partial charge < -0.3 is 14.6 Å². The van der Waals surface area contributed by atoms with Crippen molar-refractivity contribution in [3.8, 4) is 22.6 Å². The van der Waals surface area contributed by atoms with Crippen molar-refractivity contribution in [1.29, 1.82) is 0 Å². The third-order valence-electron chi connectivity index (χ3n) is 7.11. The molecule has 0 unspecified atom stereocenters. The van der Waals surface area contributed by atoms with Gasteiger partial charge in [0, 0.05) is 0 Å². The van der Waals surface area contributed by atoms with Crippen LogP contribution in [-0.2, 0) is 37.7 Å².